The first-order valence-corrected chi connectivity index (χ1v) is 17.8. The number of ether oxygens (including phenoxy) is 8. The van der Waals surface area contributed by atoms with Gasteiger partial charge in [-0.25, -0.2) is 0 Å². The first-order chi connectivity index (χ1) is 24.1. The molecule has 0 fully saturated rings. The van der Waals surface area contributed by atoms with Gasteiger partial charge in [-0.05, 0) is 12.5 Å². The molecule has 0 aliphatic carbocycles. The third-order valence-electron chi connectivity index (χ3n) is 7.20. The number of hydrogen-bond acceptors (Lipinski definition) is 13. The second kappa shape index (κ2) is 34.0. The molecule has 15 nitrogen and oxygen atoms in total. The number of anilines is 1. The molecule has 15 heteroatoms. The van der Waals surface area contributed by atoms with Crippen LogP contribution in [0.3, 0.4) is 0 Å². The maximum atomic E-state index is 11.1. The summed E-state index contributed by atoms with van der Waals surface area (Å²) in [6.45, 7) is 10.4. The second-order valence-corrected chi connectivity index (χ2v) is 11.2. The number of nitro groups is 2. The number of non-ortho nitro benzene ring substituents is 1. The van der Waals surface area contributed by atoms with Gasteiger partial charge >= 0.3 is 0 Å². The van der Waals surface area contributed by atoms with E-state index >= 15 is 0 Å². The summed E-state index contributed by atoms with van der Waals surface area (Å²) in [6, 6.07) is 3.44. The Morgan fingerprint density at radius 3 is 1.24 bits per heavy atom. The highest BCUT2D eigenvalue weighted by Gasteiger charge is 2.19. The standard InChI is InChI=1S/C34H61N3O12/c1-2-3-4-5-6-7-8-9-10-11-15-42-17-19-44-21-23-46-25-27-48-29-30-49-28-26-47-24-22-45-20-18-43-16-14-35-33-13-12-32(36(38)39)31-34(33)37(40)41/h12-13,31,35H,2-11,14-30H2,1H3. The fourth-order valence-electron chi connectivity index (χ4n) is 4.53. The fraction of sp³-hybridized carbons (Fsp3) is 0.824. The summed E-state index contributed by atoms with van der Waals surface area (Å²) in [5, 5.41) is 24.8. The summed E-state index contributed by atoms with van der Waals surface area (Å²) in [4.78, 5) is 20.6. The van der Waals surface area contributed by atoms with Gasteiger partial charge in [0.25, 0.3) is 11.4 Å². The van der Waals surface area contributed by atoms with Gasteiger partial charge in [0.2, 0.25) is 0 Å². The molecule has 0 unspecified atom stereocenters. The van der Waals surface area contributed by atoms with Gasteiger partial charge in [0, 0.05) is 19.2 Å². The largest absolute Gasteiger partial charge is 0.379 e. The van der Waals surface area contributed by atoms with Gasteiger partial charge in [-0.2, -0.15) is 0 Å². The molecule has 1 N–H and O–H groups in total. The molecule has 0 aliphatic heterocycles. The quantitative estimate of drug-likeness (QED) is 0.0486. The van der Waals surface area contributed by atoms with Crippen molar-refractivity contribution >= 4 is 17.1 Å². The second-order valence-electron chi connectivity index (χ2n) is 11.2. The van der Waals surface area contributed by atoms with Gasteiger partial charge in [0.05, 0.1) is 115 Å². The minimum Gasteiger partial charge on any atom is -0.379 e. The third kappa shape index (κ3) is 28.0. The molecule has 284 valence electrons. The fourth-order valence-corrected chi connectivity index (χ4v) is 4.53. The Morgan fingerprint density at radius 1 is 0.490 bits per heavy atom. The van der Waals surface area contributed by atoms with Crippen molar-refractivity contribution in [3.05, 3.63) is 38.4 Å². The van der Waals surface area contributed by atoms with Gasteiger partial charge < -0.3 is 43.2 Å². The average Bonchev–Trinajstić information content (AvgIpc) is 3.09. The normalized spacial score (nSPS) is 11.3. The van der Waals surface area contributed by atoms with E-state index in [1.807, 2.05) is 0 Å². The van der Waals surface area contributed by atoms with Gasteiger partial charge in [0.1, 0.15) is 5.69 Å². The number of nitro benzene ring substituents is 2. The molecule has 0 aliphatic rings. The van der Waals surface area contributed by atoms with E-state index in [0.29, 0.717) is 99.0 Å². The van der Waals surface area contributed by atoms with E-state index < -0.39 is 9.85 Å². The average molecular weight is 704 g/mol. The number of unbranched alkanes of at least 4 members (excludes halogenated alkanes) is 9. The molecule has 0 aromatic heterocycles. The minimum atomic E-state index is -0.676. The molecule has 0 radical (unpaired) electrons. The smallest absolute Gasteiger partial charge is 0.299 e. The molecule has 0 amide bonds. The Labute approximate surface area is 291 Å². The van der Waals surface area contributed by atoms with Crippen molar-refractivity contribution in [2.24, 2.45) is 0 Å². The maximum Gasteiger partial charge on any atom is 0.299 e. The molecule has 0 saturated heterocycles. The molecule has 0 atom stereocenters. The molecule has 1 aromatic rings. The van der Waals surface area contributed by atoms with E-state index in [4.69, 9.17) is 37.9 Å². The first kappa shape index (κ1) is 44.5. The number of rotatable bonds is 38. The zero-order chi connectivity index (χ0) is 35.5. The van der Waals surface area contributed by atoms with Crippen molar-refractivity contribution in [2.75, 3.05) is 118 Å². The van der Waals surface area contributed by atoms with Crippen LogP contribution in [-0.4, -0.2) is 122 Å². The van der Waals surface area contributed by atoms with Crippen LogP contribution >= 0.6 is 0 Å². The Balaban J connectivity index is 1.72. The summed E-state index contributed by atoms with van der Waals surface area (Å²) in [6.07, 6.45) is 13.3. The van der Waals surface area contributed by atoms with Crippen molar-refractivity contribution in [3.63, 3.8) is 0 Å². The van der Waals surface area contributed by atoms with Crippen LogP contribution in [0.15, 0.2) is 18.2 Å². The SMILES string of the molecule is CCCCCCCCCCCCOCCOCCOCCOCCOCCOCCOCCOCCNc1ccc([N+](=O)[O-])cc1[N+](=O)[O-]. The molecule has 49 heavy (non-hydrogen) atoms. The van der Waals surface area contributed by atoms with E-state index in [1.54, 1.807) is 0 Å². The highest BCUT2D eigenvalue weighted by molar-refractivity contribution is 5.65. The number of benzene rings is 1. The molecule has 0 bridgehead atoms. The topological polar surface area (TPSA) is 172 Å². The summed E-state index contributed by atoms with van der Waals surface area (Å²) >= 11 is 0. The molecule has 1 rings (SSSR count). The van der Waals surface area contributed by atoms with Gasteiger partial charge in [0.15, 0.2) is 0 Å². The summed E-state index contributed by atoms with van der Waals surface area (Å²) in [5.74, 6) is 0. The van der Waals surface area contributed by atoms with Crippen molar-refractivity contribution in [3.8, 4) is 0 Å². The van der Waals surface area contributed by atoms with E-state index in [9.17, 15) is 20.2 Å². The summed E-state index contributed by atoms with van der Waals surface area (Å²) in [5.41, 5.74) is -0.508. The number of hydrogen-bond donors (Lipinski definition) is 1. The van der Waals surface area contributed by atoms with Gasteiger partial charge in [-0.15, -0.1) is 0 Å². The monoisotopic (exact) mass is 703 g/mol. The van der Waals surface area contributed by atoms with Crippen LogP contribution in [0.1, 0.15) is 71.1 Å². The number of nitrogens with zero attached hydrogens (tertiary/aromatic N) is 2. The van der Waals surface area contributed by atoms with Gasteiger partial charge in [-0.3, -0.25) is 20.2 Å². The lowest BCUT2D eigenvalue weighted by molar-refractivity contribution is -0.393. The van der Waals surface area contributed by atoms with E-state index in [1.165, 1.54) is 69.9 Å². The molecular formula is C34H61N3O12. The Kier molecular flexibility index (Phi) is 30.9. The summed E-state index contributed by atoms with van der Waals surface area (Å²) < 4.78 is 43.9. The van der Waals surface area contributed by atoms with Crippen molar-refractivity contribution in [1.29, 1.82) is 0 Å². The summed E-state index contributed by atoms with van der Waals surface area (Å²) in [7, 11) is 0. The van der Waals surface area contributed by atoms with E-state index in [2.05, 4.69) is 12.2 Å². The van der Waals surface area contributed by atoms with Gasteiger partial charge in [-0.1, -0.05) is 64.7 Å². The highest BCUT2D eigenvalue weighted by atomic mass is 16.6. The van der Waals surface area contributed by atoms with Crippen molar-refractivity contribution in [1.82, 2.24) is 0 Å². The van der Waals surface area contributed by atoms with Crippen molar-refractivity contribution < 1.29 is 47.7 Å². The Morgan fingerprint density at radius 2 is 0.857 bits per heavy atom. The zero-order valence-electron chi connectivity index (χ0n) is 29.6. The Bertz CT molecular complexity index is 928. The lowest BCUT2D eigenvalue weighted by Gasteiger charge is -2.09. The van der Waals surface area contributed by atoms with Crippen LogP contribution in [0.2, 0.25) is 0 Å². The first-order valence-electron chi connectivity index (χ1n) is 17.8. The van der Waals surface area contributed by atoms with Crippen LogP contribution < -0.4 is 5.32 Å². The van der Waals surface area contributed by atoms with Crippen LogP contribution in [0.25, 0.3) is 0 Å². The predicted molar refractivity (Wildman–Crippen MR) is 187 cm³/mol. The Hall–Kier alpha value is -2.50. The molecule has 0 heterocycles. The lowest BCUT2D eigenvalue weighted by atomic mass is 10.1. The number of nitrogens with one attached hydrogen (secondary N) is 1. The predicted octanol–water partition coefficient (Wildman–Crippen LogP) is 5.97. The highest BCUT2D eigenvalue weighted by Crippen LogP contribution is 2.28. The third-order valence-corrected chi connectivity index (χ3v) is 7.20. The molecule has 0 spiro atoms. The molecule has 0 saturated carbocycles. The minimum absolute atomic E-state index is 0.192. The van der Waals surface area contributed by atoms with Crippen LogP contribution in [-0.2, 0) is 37.9 Å². The zero-order valence-corrected chi connectivity index (χ0v) is 29.6. The van der Waals surface area contributed by atoms with Crippen LogP contribution in [0.4, 0.5) is 17.1 Å². The lowest BCUT2D eigenvalue weighted by Crippen LogP contribution is -2.15. The molecular weight excluding hydrogens is 642 g/mol. The maximum absolute atomic E-state index is 11.1. The van der Waals surface area contributed by atoms with Crippen LogP contribution in [0.5, 0.6) is 0 Å². The van der Waals surface area contributed by atoms with Crippen LogP contribution in [0, 0.1) is 20.2 Å². The van der Waals surface area contributed by atoms with E-state index in [0.717, 1.165) is 19.1 Å². The van der Waals surface area contributed by atoms with Crippen molar-refractivity contribution in [2.45, 2.75) is 71.1 Å². The molecule has 1 aromatic carbocycles. The van der Waals surface area contributed by atoms with E-state index in [-0.39, 0.29) is 23.7 Å².